The maximum Gasteiger partial charge on any atom is 0.337 e. The molecule has 4 rings (SSSR count). The number of nitro benzene ring substituents is 2. The predicted molar refractivity (Wildman–Crippen MR) is 129 cm³/mol. The average molecular weight is 505 g/mol. The summed E-state index contributed by atoms with van der Waals surface area (Å²) in [5.74, 6) is -2.23. The molecule has 1 aliphatic heterocycles. The van der Waals surface area contributed by atoms with Crippen LogP contribution in [0.4, 0.5) is 11.4 Å². The fourth-order valence-electron chi connectivity index (χ4n) is 3.89. The van der Waals surface area contributed by atoms with Gasteiger partial charge in [0.1, 0.15) is 10.5 Å². The van der Waals surface area contributed by atoms with Crippen molar-refractivity contribution >= 4 is 46.2 Å². The van der Waals surface area contributed by atoms with E-state index in [1.807, 2.05) is 6.07 Å². The molecule has 180 valence electrons. The monoisotopic (exact) mass is 505 g/mol. The van der Waals surface area contributed by atoms with Gasteiger partial charge in [0, 0.05) is 24.3 Å². The first-order valence-electron chi connectivity index (χ1n) is 10.1. The van der Waals surface area contributed by atoms with Gasteiger partial charge in [-0.3, -0.25) is 29.6 Å². The zero-order chi connectivity index (χ0) is 26.1. The molecule has 3 aromatic rings. The van der Waals surface area contributed by atoms with Gasteiger partial charge in [-0.05, 0) is 17.2 Å². The number of hydrogen-bond acceptors (Lipinski definition) is 10. The lowest BCUT2D eigenvalue weighted by atomic mass is 9.83. The number of ether oxygens (including phenoxy) is 1. The molecule has 0 amide bonds. The second kappa shape index (κ2) is 9.28. The van der Waals surface area contributed by atoms with Crippen LogP contribution in [-0.2, 0) is 9.53 Å². The Bertz CT molecular complexity index is 1710. The molecule has 1 atom stereocenters. The minimum Gasteiger partial charge on any atom is -0.466 e. The van der Waals surface area contributed by atoms with Gasteiger partial charge >= 0.3 is 5.97 Å². The van der Waals surface area contributed by atoms with Gasteiger partial charge < -0.3 is 10.5 Å². The van der Waals surface area contributed by atoms with Crippen LogP contribution in [0.15, 0.2) is 58.9 Å². The summed E-state index contributed by atoms with van der Waals surface area (Å²) in [6.45, 7) is 0. The number of carbonyl (C=O) groups excluding carboxylic acids is 1. The van der Waals surface area contributed by atoms with Crippen LogP contribution in [0.5, 0.6) is 0 Å². The molecule has 1 aliphatic rings. The van der Waals surface area contributed by atoms with E-state index in [0.717, 1.165) is 23.0 Å². The summed E-state index contributed by atoms with van der Waals surface area (Å²) in [5, 5.41) is 32.3. The SMILES string of the molecule is COC(=O)C1=c2s/c(=C\c3cccc([N+](=O)[O-])c3)c(=O)n2C(N)=C(C#N)[C@H]1c1cccc([N+](=O)[O-])c1. The number of nitro groups is 2. The third kappa shape index (κ3) is 4.01. The Morgan fingerprint density at radius 3 is 2.42 bits per heavy atom. The molecule has 0 fully saturated rings. The van der Waals surface area contributed by atoms with Gasteiger partial charge in [-0.15, -0.1) is 11.3 Å². The molecule has 1 aromatic heterocycles. The fraction of sp³-hybridized carbons (Fsp3) is 0.0870. The van der Waals surface area contributed by atoms with Gasteiger partial charge in [-0.2, -0.15) is 5.26 Å². The summed E-state index contributed by atoms with van der Waals surface area (Å²) < 4.78 is 6.11. The van der Waals surface area contributed by atoms with Crippen molar-refractivity contribution in [1.82, 2.24) is 4.57 Å². The van der Waals surface area contributed by atoms with Crippen LogP contribution in [0, 0.1) is 31.6 Å². The highest BCUT2D eigenvalue weighted by Crippen LogP contribution is 2.37. The van der Waals surface area contributed by atoms with Crippen LogP contribution < -0.4 is 20.5 Å². The highest BCUT2D eigenvalue weighted by atomic mass is 32.1. The number of benzene rings is 2. The fourth-order valence-corrected chi connectivity index (χ4v) is 5.05. The van der Waals surface area contributed by atoms with Crippen molar-refractivity contribution in [3.63, 3.8) is 0 Å². The number of nitriles is 1. The van der Waals surface area contributed by atoms with E-state index in [1.165, 1.54) is 48.5 Å². The van der Waals surface area contributed by atoms with Gasteiger partial charge in [-0.1, -0.05) is 24.3 Å². The van der Waals surface area contributed by atoms with Crippen molar-refractivity contribution in [2.24, 2.45) is 5.73 Å². The third-order valence-corrected chi connectivity index (χ3v) is 6.58. The third-order valence-electron chi connectivity index (χ3n) is 5.47. The molecule has 0 bridgehead atoms. The lowest BCUT2D eigenvalue weighted by Crippen LogP contribution is -2.40. The first-order chi connectivity index (χ1) is 17.2. The zero-order valence-electron chi connectivity index (χ0n) is 18.4. The van der Waals surface area contributed by atoms with Crippen LogP contribution >= 0.6 is 11.3 Å². The number of hydrogen-bond donors (Lipinski definition) is 1. The summed E-state index contributed by atoms with van der Waals surface area (Å²) in [7, 11) is 1.12. The maximum absolute atomic E-state index is 13.3. The van der Waals surface area contributed by atoms with Crippen molar-refractivity contribution in [3.05, 3.63) is 105 Å². The number of carbonyl (C=O) groups is 1. The molecule has 12 nitrogen and oxygen atoms in total. The number of nitrogens with zero attached hydrogens (tertiary/aromatic N) is 4. The molecule has 0 saturated carbocycles. The van der Waals surface area contributed by atoms with E-state index in [2.05, 4.69) is 0 Å². The Morgan fingerprint density at radius 2 is 1.81 bits per heavy atom. The average Bonchev–Trinajstić information content (AvgIpc) is 3.19. The van der Waals surface area contributed by atoms with Gasteiger partial charge in [0.25, 0.3) is 16.9 Å². The summed E-state index contributed by atoms with van der Waals surface area (Å²) in [5.41, 5.74) is 5.48. The van der Waals surface area contributed by atoms with Gasteiger partial charge in [0.15, 0.2) is 0 Å². The van der Waals surface area contributed by atoms with E-state index in [9.17, 15) is 35.1 Å². The van der Waals surface area contributed by atoms with Crippen molar-refractivity contribution < 1.29 is 19.4 Å². The van der Waals surface area contributed by atoms with Crippen LogP contribution in [0.25, 0.3) is 17.5 Å². The largest absolute Gasteiger partial charge is 0.466 e. The lowest BCUT2D eigenvalue weighted by molar-refractivity contribution is -0.385. The smallest absolute Gasteiger partial charge is 0.337 e. The first kappa shape index (κ1) is 24.0. The summed E-state index contributed by atoms with van der Waals surface area (Å²) in [4.78, 5) is 47.5. The number of allylic oxidation sites excluding steroid dienone is 1. The highest BCUT2D eigenvalue weighted by Gasteiger charge is 2.36. The zero-order valence-corrected chi connectivity index (χ0v) is 19.2. The molecule has 2 aromatic carbocycles. The normalized spacial score (nSPS) is 15.3. The van der Waals surface area contributed by atoms with E-state index in [-0.39, 0.29) is 43.1 Å². The number of fused-ring (bicyclic) bond motifs is 1. The van der Waals surface area contributed by atoms with Gasteiger partial charge in [0.2, 0.25) is 0 Å². The predicted octanol–water partition coefficient (Wildman–Crippen LogP) is 1.33. The quantitative estimate of drug-likeness (QED) is 0.303. The standard InChI is InChI=1S/C23H15N5O7S/c1-35-23(30)19-18(13-5-3-7-15(10-13)28(33)34)16(11-24)20(25)26-21(29)17(36-22(19)26)9-12-4-2-6-14(8-12)27(31)32/h2-10,18H,25H2,1H3/b17-9-/t18-/m1/s1. The Morgan fingerprint density at radius 1 is 1.17 bits per heavy atom. The maximum atomic E-state index is 13.3. The Balaban J connectivity index is 2.08. The van der Waals surface area contributed by atoms with E-state index >= 15 is 0 Å². The number of nitrogens with two attached hydrogens (primary N) is 1. The second-order valence-electron chi connectivity index (χ2n) is 7.51. The summed E-state index contributed by atoms with van der Waals surface area (Å²) in [6.07, 6.45) is 1.40. The van der Waals surface area contributed by atoms with Crippen molar-refractivity contribution in [2.75, 3.05) is 7.11 Å². The van der Waals surface area contributed by atoms with Crippen LogP contribution in [-0.4, -0.2) is 27.5 Å². The minimum atomic E-state index is -1.13. The van der Waals surface area contributed by atoms with E-state index in [4.69, 9.17) is 10.5 Å². The Labute approximate surface area is 205 Å². The van der Waals surface area contributed by atoms with Crippen LogP contribution in [0.3, 0.4) is 0 Å². The molecule has 2 N–H and O–H groups in total. The molecular weight excluding hydrogens is 490 g/mol. The summed E-state index contributed by atoms with van der Waals surface area (Å²) in [6, 6.07) is 12.9. The minimum absolute atomic E-state index is 0.0801. The molecule has 0 spiro atoms. The number of esters is 1. The van der Waals surface area contributed by atoms with Gasteiger partial charge in [-0.25, -0.2) is 4.79 Å². The van der Waals surface area contributed by atoms with Gasteiger partial charge in [0.05, 0.1) is 44.6 Å². The number of non-ortho nitro benzene ring substituents is 2. The Hall–Kier alpha value is -5.09. The number of aromatic nitrogens is 1. The second-order valence-corrected chi connectivity index (χ2v) is 8.54. The number of methoxy groups -OCH3 is 1. The number of rotatable bonds is 5. The molecule has 13 heteroatoms. The molecule has 0 saturated heterocycles. The van der Waals surface area contributed by atoms with E-state index in [0.29, 0.717) is 5.56 Å². The molecule has 0 unspecified atom stereocenters. The molecular formula is C23H15N5O7S. The van der Waals surface area contributed by atoms with Crippen molar-refractivity contribution in [1.29, 1.82) is 5.26 Å². The van der Waals surface area contributed by atoms with Crippen LogP contribution in [0.2, 0.25) is 0 Å². The molecule has 2 heterocycles. The van der Waals surface area contributed by atoms with E-state index in [1.54, 1.807) is 6.07 Å². The number of thiazole rings is 1. The molecule has 36 heavy (non-hydrogen) atoms. The lowest BCUT2D eigenvalue weighted by Gasteiger charge is -2.24. The van der Waals surface area contributed by atoms with Crippen LogP contribution in [0.1, 0.15) is 17.0 Å². The summed E-state index contributed by atoms with van der Waals surface area (Å²) >= 11 is 0.878. The molecule has 0 radical (unpaired) electrons. The molecule has 0 aliphatic carbocycles. The topological polar surface area (TPSA) is 184 Å². The first-order valence-corrected chi connectivity index (χ1v) is 10.9. The van der Waals surface area contributed by atoms with E-state index < -0.39 is 27.3 Å². The highest BCUT2D eigenvalue weighted by molar-refractivity contribution is 7.07. The van der Waals surface area contributed by atoms with Crippen molar-refractivity contribution in [2.45, 2.75) is 5.92 Å². The Kier molecular flexibility index (Phi) is 6.20. The van der Waals surface area contributed by atoms with Crippen molar-refractivity contribution in [3.8, 4) is 6.07 Å².